The largest absolute Gasteiger partial charge is 0.0312 e. The van der Waals surface area contributed by atoms with E-state index in [0.717, 1.165) is 0 Å². The Hall–Kier alpha value is 0.870. The quantitative estimate of drug-likeness (QED) is 0.610. The molecule has 0 bridgehead atoms. The second-order valence-electron chi connectivity index (χ2n) is 2.89. The molecule has 16 radical (unpaired) electrons. The van der Waals surface area contributed by atoms with Gasteiger partial charge in [-0.25, -0.2) is 0 Å². The molecule has 0 aromatic rings. The fraction of sp³-hybridized carbons (Fsp3) is 0. The first kappa shape index (κ1) is 16.9. The van der Waals surface area contributed by atoms with Gasteiger partial charge in [0.2, 0.25) is 0 Å². The van der Waals surface area contributed by atoms with Crippen molar-refractivity contribution in [3.8, 4) is 0 Å². The van der Waals surface area contributed by atoms with E-state index in [-0.39, 0.29) is 25.8 Å². The second kappa shape index (κ2) is 13.9. The molecule has 0 aromatic carbocycles. The van der Waals surface area contributed by atoms with E-state index in [2.05, 4.69) is 0 Å². The van der Waals surface area contributed by atoms with Gasteiger partial charge in [0.1, 0.15) is 0 Å². The zero-order valence-electron chi connectivity index (χ0n) is 9.24. The summed E-state index contributed by atoms with van der Waals surface area (Å²) in [4.78, 5) is 0. The van der Waals surface area contributed by atoms with Crippen LogP contribution in [0.15, 0.2) is 0 Å². The van der Waals surface area contributed by atoms with E-state index >= 15 is 0 Å². The van der Waals surface area contributed by atoms with Crippen LogP contribution >= 0.6 is 0 Å². The van der Waals surface area contributed by atoms with E-state index < -0.39 is 0 Å². The molecule has 0 saturated heterocycles. The van der Waals surface area contributed by atoms with Crippen LogP contribution in [0, 0.1) is 96.3 Å². The molecule has 3 aliphatic carbocycles. The summed E-state index contributed by atoms with van der Waals surface area (Å²) in [6, 6.07) is 0. The van der Waals surface area contributed by atoms with Crippen molar-refractivity contribution in [1.29, 1.82) is 0 Å². The van der Waals surface area contributed by atoms with Gasteiger partial charge >= 0.3 is 0 Å². The van der Waals surface area contributed by atoms with E-state index in [9.17, 15) is 0 Å². The Morgan fingerprint density at radius 2 is 0.250 bits per heavy atom. The normalized spacial score (nSPS) is 22.5. The zero-order chi connectivity index (χ0) is 10.6. The van der Waals surface area contributed by atoms with E-state index in [1.807, 2.05) is 96.3 Å². The maximum absolute atomic E-state index is 2.00. The first-order chi connectivity index (χ1) is 7.50. The molecular formula is C15H15Sc. The van der Waals surface area contributed by atoms with E-state index in [4.69, 9.17) is 0 Å². The maximum atomic E-state index is 2.00. The fourth-order valence-electron chi connectivity index (χ4n) is 0.962. The van der Waals surface area contributed by atoms with Crippen LogP contribution in [0.1, 0.15) is 0 Å². The summed E-state index contributed by atoms with van der Waals surface area (Å²) >= 11 is 0. The van der Waals surface area contributed by atoms with Gasteiger partial charge < -0.3 is 0 Å². The van der Waals surface area contributed by atoms with Gasteiger partial charge in [0, 0.05) is 25.8 Å². The Morgan fingerprint density at radius 3 is 0.312 bits per heavy atom. The Bertz CT molecular complexity index is 64.0. The topological polar surface area (TPSA) is 0 Å². The Kier molecular flexibility index (Phi) is 14.7. The van der Waals surface area contributed by atoms with E-state index in [1.54, 1.807) is 0 Å². The maximum Gasteiger partial charge on any atom is 0 e. The van der Waals surface area contributed by atoms with Gasteiger partial charge in [-0.05, 0) is 96.3 Å². The molecule has 0 atom stereocenters. The molecule has 3 saturated carbocycles. The average molecular weight is 240 g/mol. The average Bonchev–Trinajstić information content (AvgIpc) is 3.09. The SMILES string of the molecule is [CH]1[CH][CH][CH][CH]1.[CH]1[CH][CH][CH][CH]1.[CH]1[CH][CH][CH][CH]1.[Sc]. The Morgan fingerprint density at radius 1 is 0.188 bits per heavy atom. The molecular weight excluding hydrogens is 225 g/mol. The molecule has 1 heteroatoms. The van der Waals surface area contributed by atoms with Gasteiger partial charge in [-0.3, -0.25) is 0 Å². The minimum atomic E-state index is 0. The number of rotatable bonds is 0. The molecule has 78 valence electrons. The van der Waals surface area contributed by atoms with E-state index in [0.29, 0.717) is 0 Å². The minimum absolute atomic E-state index is 0. The van der Waals surface area contributed by atoms with Crippen LogP contribution in [0.25, 0.3) is 0 Å². The Labute approximate surface area is 122 Å². The first-order valence-electron chi connectivity index (χ1n) is 5.00. The number of hydrogen-bond donors (Lipinski definition) is 0. The van der Waals surface area contributed by atoms with Crippen molar-refractivity contribution in [3.05, 3.63) is 96.3 Å². The summed E-state index contributed by atoms with van der Waals surface area (Å²) in [5.41, 5.74) is 0. The van der Waals surface area contributed by atoms with Gasteiger partial charge in [-0.1, -0.05) is 0 Å². The molecule has 0 heterocycles. The predicted molar refractivity (Wildman–Crippen MR) is 64.5 cm³/mol. The Balaban J connectivity index is 0.000000205. The van der Waals surface area contributed by atoms with Crippen molar-refractivity contribution in [2.75, 3.05) is 0 Å². The fourth-order valence-corrected chi connectivity index (χ4v) is 0.962. The van der Waals surface area contributed by atoms with Crippen molar-refractivity contribution in [2.45, 2.75) is 0 Å². The van der Waals surface area contributed by atoms with Crippen LogP contribution in [0.5, 0.6) is 0 Å². The van der Waals surface area contributed by atoms with Gasteiger partial charge in [0.15, 0.2) is 0 Å². The van der Waals surface area contributed by atoms with Gasteiger partial charge in [0.25, 0.3) is 0 Å². The van der Waals surface area contributed by atoms with Crippen molar-refractivity contribution in [1.82, 2.24) is 0 Å². The van der Waals surface area contributed by atoms with Crippen LogP contribution < -0.4 is 0 Å². The summed E-state index contributed by atoms with van der Waals surface area (Å²) in [7, 11) is 0. The van der Waals surface area contributed by atoms with Gasteiger partial charge in [-0.2, -0.15) is 0 Å². The molecule has 0 aliphatic heterocycles. The molecule has 0 aromatic heterocycles. The van der Waals surface area contributed by atoms with Crippen LogP contribution in [-0.2, 0) is 25.8 Å². The molecule has 3 aliphatic rings. The summed E-state index contributed by atoms with van der Waals surface area (Å²) in [5.74, 6) is 0. The molecule has 3 rings (SSSR count). The second-order valence-corrected chi connectivity index (χ2v) is 2.89. The monoisotopic (exact) mass is 240 g/mol. The van der Waals surface area contributed by atoms with Crippen molar-refractivity contribution in [2.24, 2.45) is 0 Å². The van der Waals surface area contributed by atoms with Crippen LogP contribution in [0.3, 0.4) is 0 Å². The van der Waals surface area contributed by atoms with Crippen LogP contribution in [0.4, 0.5) is 0 Å². The molecule has 0 spiro atoms. The molecule has 0 nitrogen and oxygen atoms in total. The van der Waals surface area contributed by atoms with Crippen molar-refractivity contribution >= 4 is 0 Å². The summed E-state index contributed by atoms with van der Waals surface area (Å²) in [6.07, 6.45) is 30.0. The summed E-state index contributed by atoms with van der Waals surface area (Å²) in [6.45, 7) is 0. The van der Waals surface area contributed by atoms with Crippen molar-refractivity contribution < 1.29 is 25.8 Å². The molecule has 3 fully saturated rings. The predicted octanol–water partition coefficient (Wildman–Crippen LogP) is 3.06. The smallest absolute Gasteiger partial charge is 0 e. The third-order valence-electron chi connectivity index (χ3n) is 1.67. The number of hydrogen-bond acceptors (Lipinski definition) is 0. The van der Waals surface area contributed by atoms with Gasteiger partial charge in [-0.15, -0.1) is 0 Å². The van der Waals surface area contributed by atoms with E-state index in [1.165, 1.54) is 0 Å². The minimum Gasteiger partial charge on any atom is -0.0312 e. The van der Waals surface area contributed by atoms with Crippen LogP contribution in [-0.4, -0.2) is 0 Å². The zero-order valence-corrected chi connectivity index (χ0v) is 11.0. The standard InChI is InChI=1S/3C5H5.Sc/c3*1-2-4-5-3-1;/h3*1-5H;. The first-order valence-corrected chi connectivity index (χ1v) is 5.00. The summed E-state index contributed by atoms with van der Waals surface area (Å²) < 4.78 is 0. The van der Waals surface area contributed by atoms with Crippen LogP contribution in [0.2, 0.25) is 0 Å². The third-order valence-corrected chi connectivity index (χ3v) is 1.67. The molecule has 16 heavy (non-hydrogen) atoms. The van der Waals surface area contributed by atoms with Crippen molar-refractivity contribution in [3.63, 3.8) is 0 Å². The van der Waals surface area contributed by atoms with Gasteiger partial charge in [0.05, 0.1) is 0 Å². The third kappa shape index (κ3) is 11.4. The summed E-state index contributed by atoms with van der Waals surface area (Å²) in [5, 5.41) is 0. The molecule has 0 N–H and O–H groups in total. The molecule has 0 amide bonds. The molecule has 0 unspecified atom stereocenters.